The standard InChI is InChI=1S/C17H26N4/c1-4-9-19-17(15-7-10-18-13-14(15)6-3)16-8-11-20-21(16)12-5-2/h7-8,10-11,13,17,19H,4-6,9,12H2,1-3H3. The lowest BCUT2D eigenvalue weighted by atomic mass is 9.98. The van der Waals surface area contributed by atoms with Crippen LogP contribution in [0.4, 0.5) is 0 Å². The van der Waals surface area contributed by atoms with Crippen LogP contribution in [0.15, 0.2) is 30.7 Å². The average Bonchev–Trinajstić information content (AvgIpc) is 2.97. The zero-order valence-electron chi connectivity index (χ0n) is 13.3. The van der Waals surface area contributed by atoms with Crippen molar-refractivity contribution in [2.75, 3.05) is 6.54 Å². The van der Waals surface area contributed by atoms with Gasteiger partial charge in [-0.25, -0.2) is 0 Å². The molecule has 0 aliphatic heterocycles. The highest BCUT2D eigenvalue weighted by Gasteiger charge is 2.19. The van der Waals surface area contributed by atoms with Gasteiger partial charge in [-0.3, -0.25) is 9.67 Å². The van der Waals surface area contributed by atoms with Crippen molar-refractivity contribution in [2.24, 2.45) is 0 Å². The average molecular weight is 286 g/mol. The molecule has 1 unspecified atom stereocenters. The van der Waals surface area contributed by atoms with Crippen molar-refractivity contribution in [3.63, 3.8) is 0 Å². The summed E-state index contributed by atoms with van der Waals surface area (Å²) < 4.78 is 2.12. The zero-order chi connectivity index (χ0) is 15.1. The van der Waals surface area contributed by atoms with Crippen molar-refractivity contribution in [1.82, 2.24) is 20.1 Å². The molecule has 114 valence electrons. The van der Waals surface area contributed by atoms with Crippen LogP contribution in [0.1, 0.15) is 56.5 Å². The topological polar surface area (TPSA) is 42.7 Å². The minimum Gasteiger partial charge on any atom is -0.305 e. The molecule has 0 bridgehead atoms. The van der Waals surface area contributed by atoms with Crippen molar-refractivity contribution < 1.29 is 0 Å². The first-order chi connectivity index (χ1) is 10.3. The Kier molecular flexibility index (Phi) is 5.93. The summed E-state index contributed by atoms with van der Waals surface area (Å²) in [5, 5.41) is 8.15. The van der Waals surface area contributed by atoms with Gasteiger partial charge in [0.25, 0.3) is 0 Å². The maximum Gasteiger partial charge on any atom is 0.0752 e. The number of hydrogen-bond donors (Lipinski definition) is 1. The second kappa shape index (κ2) is 7.93. The molecule has 0 aromatic carbocycles. The highest BCUT2D eigenvalue weighted by Crippen LogP contribution is 2.25. The minimum absolute atomic E-state index is 0.192. The van der Waals surface area contributed by atoms with Gasteiger partial charge in [0.05, 0.1) is 11.7 Å². The molecule has 0 spiro atoms. The van der Waals surface area contributed by atoms with E-state index in [1.807, 2.05) is 18.6 Å². The predicted molar refractivity (Wildman–Crippen MR) is 86.3 cm³/mol. The lowest BCUT2D eigenvalue weighted by molar-refractivity contribution is 0.509. The van der Waals surface area contributed by atoms with Crippen molar-refractivity contribution in [3.8, 4) is 0 Å². The van der Waals surface area contributed by atoms with Crippen LogP contribution in [0.2, 0.25) is 0 Å². The van der Waals surface area contributed by atoms with Gasteiger partial charge in [-0.15, -0.1) is 0 Å². The highest BCUT2D eigenvalue weighted by molar-refractivity contribution is 5.33. The van der Waals surface area contributed by atoms with E-state index >= 15 is 0 Å². The molecule has 4 nitrogen and oxygen atoms in total. The molecule has 0 aliphatic carbocycles. The van der Waals surface area contributed by atoms with Crippen LogP contribution in [0, 0.1) is 0 Å². The summed E-state index contributed by atoms with van der Waals surface area (Å²) in [5.41, 5.74) is 3.86. The molecule has 1 N–H and O–H groups in total. The normalized spacial score (nSPS) is 12.5. The number of nitrogens with one attached hydrogen (secondary N) is 1. The molecule has 0 saturated carbocycles. The van der Waals surface area contributed by atoms with Gasteiger partial charge in [-0.1, -0.05) is 20.8 Å². The van der Waals surface area contributed by atoms with E-state index in [1.165, 1.54) is 16.8 Å². The number of aryl methyl sites for hydroxylation is 2. The molecule has 4 heteroatoms. The van der Waals surface area contributed by atoms with E-state index in [0.29, 0.717) is 0 Å². The zero-order valence-corrected chi connectivity index (χ0v) is 13.3. The van der Waals surface area contributed by atoms with Crippen LogP contribution in [0.25, 0.3) is 0 Å². The number of aromatic nitrogens is 3. The molecule has 0 fully saturated rings. The first-order valence-electron chi connectivity index (χ1n) is 7.99. The summed E-state index contributed by atoms with van der Waals surface area (Å²) in [5.74, 6) is 0. The molecule has 0 saturated heterocycles. The van der Waals surface area contributed by atoms with Gasteiger partial charge >= 0.3 is 0 Å². The number of hydrogen-bond acceptors (Lipinski definition) is 3. The number of nitrogens with zero attached hydrogens (tertiary/aromatic N) is 3. The van der Waals surface area contributed by atoms with E-state index in [1.54, 1.807) is 0 Å². The molecule has 0 radical (unpaired) electrons. The summed E-state index contributed by atoms with van der Waals surface area (Å²) in [4.78, 5) is 4.27. The van der Waals surface area contributed by atoms with Crippen LogP contribution in [0.5, 0.6) is 0 Å². The van der Waals surface area contributed by atoms with Gasteiger partial charge in [-0.2, -0.15) is 5.10 Å². The van der Waals surface area contributed by atoms with Crippen LogP contribution in [0.3, 0.4) is 0 Å². The van der Waals surface area contributed by atoms with Crippen molar-refractivity contribution in [2.45, 2.75) is 52.6 Å². The molecule has 0 amide bonds. The molecule has 0 aliphatic rings. The summed E-state index contributed by atoms with van der Waals surface area (Å²) in [6.45, 7) is 8.51. The van der Waals surface area contributed by atoms with E-state index in [2.05, 4.69) is 53.0 Å². The van der Waals surface area contributed by atoms with E-state index in [0.717, 1.165) is 32.4 Å². The molecule has 21 heavy (non-hydrogen) atoms. The van der Waals surface area contributed by atoms with Gasteiger partial charge < -0.3 is 5.32 Å². The van der Waals surface area contributed by atoms with Crippen molar-refractivity contribution >= 4 is 0 Å². The Morgan fingerprint density at radius 1 is 1.14 bits per heavy atom. The lowest BCUT2D eigenvalue weighted by Gasteiger charge is -2.22. The third-order valence-corrected chi connectivity index (χ3v) is 3.71. The lowest BCUT2D eigenvalue weighted by Crippen LogP contribution is -2.27. The summed E-state index contributed by atoms with van der Waals surface area (Å²) in [6, 6.07) is 4.45. The SMILES string of the molecule is CCCNC(c1ccncc1CC)c1ccnn1CCC. The minimum atomic E-state index is 0.192. The molecule has 2 aromatic heterocycles. The second-order valence-electron chi connectivity index (χ2n) is 5.29. The molecular formula is C17H26N4. The van der Waals surface area contributed by atoms with Crippen LogP contribution in [-0.2, 0) is 13.0 Å². The van der Waals surface area contributed by atoms with E-state index in [-0.39, 0.29) is 6.04 Å². The Morgan fingerprint density at radius 2 is 2.00 bits per heavy atom. The van der Waals surface area contributed by atoms with Gasteiger partial charge in [0.2, 0.25) is 0 Å². The first-order valence-corrected chi connectivity index (χ1v) is 7.99. The predicted octanol–water partition coefficient (Wildman–Crippen LogP) is 3.34. The summed E-state index contributed by atoms with van der Waals surface area (Å²) in [6.07, 6.45) is 8.97. The third kappa shape index (κ3) is 3.70. The Hall–Kier alpha value is -1.68. The van der Waals surface area contributed by atoms with Crippen LogP contribution >= 0.6 is 0 Å². The molecule has 1 atom stereocenters. The maximum absolute atomic E-state index is 4.48. The maximum atomic E-state index is 4.48. The largest absolute Gasteiger partial charge is 0.305 e. The van der Waals surface area contributed by atoms with Crippen LogP contribution in [-0.4, -0.2) is 21.3 Å². The highest BCUT2D eigenvalue weighted by atomic mass is 15.3. The van der Waals surface area contributed by atoms with Crippen molar-refractivity contribution in [3.05, 3.63) is 47.5 Å². The smallest absolute Gasteiger partial charge is 0.0752 e. The van der Waals surface area contributed by atoms with Crippen LogP contribution < -0.4 is 5.32 Å². The number of rotatable bonds is 8. The quantitative estimate of drug-likeness (QED) is 0.809. The first kappa shape index (κ1) is 15.7. The monoisotopic (exact) mass is 286 g/mol. The molecule has 2 rings (SSSR count). The van der Waals surface area contributed by atoms with E-state index in [9.17, 15) is 0 Å². The fourth-order valence-electron chi connectivity index (χ4n) is 2.66. The third-order valence-electron chi connectivity index (χ3n) is 3.71. The molecule has 2 heterocycles. The van der Waals surface area contributed by atoms with Crippen molar-refractivity contribution in [1.29, 1.82) is 0 Å². The Balaban J connectivity index is 2.40. The van der Waals surface area contributed by atoms with Gasteiger partial charge in [0, 0.05) is 25.1 Å². The fourth-order valence-corrected chi connectivity index (χ4v) is 2.66. The fraction of sp³-hybridized carbons (Fsp3) is 0.529. The Morgan fingerprint density at radius 3 is 2.71 bits per heavy atom. The van der Waals surface area contributed by atoms with Gasteiger partial charge in [0.1, 0.15) is 0 Å². The van der Waals surface area contributed by atoms with Gasteiger partial charge in [-0.05, 0) is 49.1 Å². The van der Waals surface area contributed by atoms with E-state index < -0.39 is 0 Å². The van der Waals surface area contributed by atoms with E-state index in [4.69, 9.17) is 0 Å². The molecular weight excluding hydrogens is 260 g/mol. The second-order valence-corrected chi connectivity index (χ2v) is 5.29. The summed E-state index contributed by atoms with van der Waals surface area (Å²) in [7, 11) is 0. The Bertz CT molecular complexity index is 547. The summed E-state index contributed by atoms with van der Waals surface area (Å²) >= 11 is 0. The van der Waals surface area contributed by atoms with Gasteiger partial charge in [0.15, 0.2) is 0 Å². The Labute approximate surface area is 127 Å². The number of pyridine rings is 1. The molecule has 2 aromatic rings.